The van der Waals surface area contributed by atoms with Crippen LogP contribution in [0, 0.1) is 0 Å². The van der Waals surface area contributed by atoms with Crippen LogP contribution in [0.25, 0.3) is 0 Å². The summed E-state index contributed by atoms with van der Waals surface area (Å²) in [5, 5.41) is 11.1. The summed E-state index contributed by atoms with van der Waals surface area (Å²) in [6.07, 6.45) is -0.0419. The first-order valence-electron chi connectivity index (χ1n) is 5.38. The van der Waals surface area contributed by atoms with Crippen LogP contribution in [-0.4, -0.2) is 49.5 Å². The molecule has 2 rings (SSSR count). The average molecular weight is 243 g/mol. The van der Waals surface area contributed by atoms with E-state index in [9.17, 15) is 0 Å². The zero-order chi connectivity index (χ0) is 11.4. The van der Waals surface area contributed by atoms with Crippen LogP contribution in [0.2, 0.25) is 0 Å². The van der Waals surface area contributed by atoms with E-state index in [4.69, 9.17) is 14.6 Å². The molecule has 1 aromatic heterocycles. The van der Waals surface area contributed by atoms with Crippen LogP contribution in [0.1, 0.15) is 4.88 Å². The van der Waals surface area contributed by atoms with Gasteiger partial charge in [0.05, 0.1) is 31.3 Å². The third kappa shape index (κ3) is 2.74. The van der Waals surface area contributed by atoms with Gasteiger partial charge in [-0.25, -0.2) is 0 Å². The molecule has 0 aromatic carbocycles. The van der Waals surface area contributed by atoms with Gasteiger partial charge in [-0.05, 0) is 11.4 Å². The number of aliphatic hydroxyl groups is 1. The summed E-state index contributed by atoms with van der Waals surface area (Å²) in [5.41, 5.74) is 0. The fraction of sp³-hybridized carbons (Fsp3) is 0.636. The zero-order valence-corrected chi connectivity index (χ0v) is 10.2. The first kappa shape index (κ1) is 11.9. The van der Waals surface area contributed by atoms with Crippen molar-refractivity contribution in [3.63, 3.8) is 0 Å². The molecule has 0 radical (unpaired) electrons. The molecule has 1 fully saturated rings. The molecule has 1 aliphatic heterocycles. The van der Waals surface area contributed by atoms with Gasteiger partial charge >= 0.3 is 0 Å². The minimum atomic E-state index is -0.0419. The lowest BCUT2D eigenvalue weighted by Gasteiger charge is -2.31. The fourth-order valence-electron chi connectivity index (χ4n) is 1.86. The second kappa shape index (κ2) is 5.63. The van der Waals surface area contributed by atoms with Gasteiger partial charge in [-0.2, -0.15) is 0 Å². The van der Waals surface area contributed by atoms with Crippen molar-refractivity contribution in [2.75, 3.05) is 33.4 Å². The summed E-state index contributed by atoms with van der Waals surface area (Å²) < 4.78 is 10.7. The molecule has 1 unspecified atom stereocenters. The van der Waals surface area contributed by atoms with Crippen LogP contribution in [0.5, 0.6) is 5.75 Å². The number of aliphatic hydroxyl groups excluding tert-OH is 1. The van der Waals surface area contributed by atoms with Crippen LogP contribution in [0.15, 0.2) is 11.4 Å². The van der Waals surface area contributed by atoms with E-state index in [0.717, 1.165) is 25.4 Å². The van der Waals surface area contributed by atoms with Gasteiger partial charge in [-0.3, -0.25) is 4.90 Å². The molecule has 0 saturated carbocycles. The van der Waals surface area contributed by atoms with Gasteiger partial charge in [0.15, 0.2) is 0 Å². The molecule has 1 atom stereocenters. The molecule has 4 nitrogen and oxygen atoms in total. The average Bonchev–Trinajstić information content (AvgIpc) is 2.76. The van der Waals surface area contributed by atoms with Crippen LogP contribution in [0.3, 0.4) is 0 Å². The molecule has 0 amide bonds. The summed E-state index contributed by atoms with van der Waals surface area (Å²) >= 11 is 1.71. The molecular formula is C11H17NO3S. The van der Waals surface area contributed by atoms with E-state index in [2.05, 4.69) is 4.90 Å². The highest BCUT2D eigenvalue weighted by molar-refractivity contribution is 7.10. The van der Waals surface area contributed by atoms with Gasteiger partial charge in [-0.1, -0.05) is 0 Å². The van der Waals surface area contributed by atoms with E-state index in [-0.39, 0.29) is 12.7 Å². The maximum atomic E-state index is 9.06. The van der Waals surface area contributed by atoms with E-state index in [1.807, 2.05) is 11.4 Å². The van der Waals surface area contributed by atoms with Crippen LogP contribution in [-0.2, 0) is 11.3 Å². The van der Waals surface area contributed by atoms with E-state index >= 15 is 0 Å². The summed E-state index contributed by atoms with van der Waals surface area (Å²) in [5.74, 6) is 0.956. The van der Waals surface area contributed by atoms with Crippen molar-refractivity contribution in [3.8, 4) is 5.75 Å². The molecular weight excluding hydrogens is 226 g/mol. The molecule has 90 valence electrons. The topological polar surface area (TPSA) is 41.9 Å². The Morgan fingerprint density at radius 1 is 1.69 bits per heavy atom. The molecule has 1 N–H and O–H groups in total. The molecule has 1 aromatic rings. The Morgan fingerprint density at radius 2 is 2.56 bits per heavy atom. The molecule has 16 heavy (non-hydrogen) atoms. The Balaban J connectivity index is 1.93. The molecule has 1 saturated heterocycles. The normalized spacial score (nSPS) is 22.2. The van der Waals surface area contributed by atoms with Crippen molar-refractivity contribution in [1.29, 1.82) is 0 Å². The fourth-order valence-corrected chi connectivity index (χ4v) is 2.74. The largest absolute Gasteiger partial charge is 0.496 e. The monoisotopic (exact) mass is 243 g/mol. The SMILES string of the molecule is COc1ccsc1CN1CCOC(CO)C1. The predicted octanol–water partition coefficient (Wildman–Crippen LogP) is 0.950. The van der Waals surface area contributed by atoms with Crippen LogP contribution < -0.4 is 4.74 Å². The van der Waals surface area contributed by atoms with Crippen molar-refractivity contribution < 1.29 is 14.6 Å². The number of hydrogen-bond donors (Lipinski definition) is 1. The summed E-state index contributed by atoms with van der Waals surface area (Å²) in [7, 11) is 1.70. The van der Waals surface area contributed by atoms with E-state index in [1.54, 1.807) is 18.4 Å². The van der Waals surface area contributed by atoms with Gasteiger partial charge in [0.25, 0.3) is 0 Å². The van der Waals surface area contributed by atoms with Crippen LogP contribution >= 0.6 is 11.3 Å². The van der Waals surface area contributed by atoms with Crippen molar-refractivity contribution >= 4 is 11.3 Å². The molecule has 5 heteroatoms. The minimum absolute atomic E-state index is 0.0419. The van der Waals surface area contributed by atoms with E-state index in [1.165, 1.54) is 4.88 Å². The Labute approximate surface area is 99.4 Å². The number of thiophene rings is 1. The smallest absolute Gasteiger partial charge is 0.134 e. The summed E-state index contributed by atoms with van der Waals surface area (Å²) in [6.45, 7) is 3.37. The maximum absolute atomic E-state index is 9.06. The molecule has 0 spiro atoms. The number of rotatable bonds is 4. The first-order valence-corrected chi connectivity index (χ1v) is 6.26. The second-order valence-electron chi connectivity index (χ2n) is 3.82. The number of ether oxygens (including phenoxy) is 2. The number of methoxy groups -OCH3 is 1. The Bertz CT molecular complexity index is 329. The maximum Gasteiger partial charge on any atom is 0.134 e. The van der Waals surface area contributed by atoms with Gasteiger partial charge in [0.1, 0.15) is 5.75 Å². The first-order chi connectivity index (χ1) is 7.83. The molecule has 0 aliphatic carbocycles. The minimum Gasteiger partial charge on any atom is -0.496 e. The number of hydrogen-bond acceptors (Lipinski definition) is 5. The molecule has 2 heterocycles. The lowest BCUT2D eigenvalue weighted by Crippen LogP contribution is -2.43. The highest BCUT2D eigenvalue weighted by Crippen LogP contribution is 2.26. The molecule has 1 aliphatic rings. The van der Waals surface area contributed by atoms with E-state index < -0.39 is 0 Å². The number of nitrogens with zero attached hydrogens (tertiary/aromatic N) is 1. The van der Waals surface area contributed by atoms with Crippen molar-refractivity contribution in [3.05, 3.63) is 16.3 Å². The lowest BCUT2D eigenvalue weighted by molar-refractivity contribution is -0.0549. The van der Waals surface area contributed by atoms with Crippen molar-refractivity contribution in [2.24, 2.45) is 0 Å². The van der Waals surface area contributed by atoms with Crippen molar-refractivity contribution in [1.82, 2.24) is 4.90 Å². The molecule has 0 bridgehead atoms. The van der Waals surface area contributed by atoms with Gasteiger partial charge in [0.2, 0.25) is 0 Å². The number of morpholine rings is 1. The lowest BCUT2D eigenvalue weighted by atomic mass is 10.2. The van der Waals surface area contributed by atoms with Crippen molar-refractivity contribution in [2.45, 2.75) is 12.6 Å². The van der Waals surface area contributed by atoms with Gasteiger partial charge in [-0.15, -0.1) is 11.3 Å². The standard InChI is InChI=1S/C11H17NO3S/c1-14-10-2-5-16-11(10)7-12-3-4-15-9(6-12)8-13/h2,5,9,13H,3-4,6-8H2,1H3. The Hall–Kier alpha value is -0.620. The second-order valence-corrected chi connectivity index (χ2v) is 4.82. The van der Waals surface area contributed by atoms with Gasteiger partial charge < -0.3 is 14.6 Å². The predicted molar refractivity (Wildman–Crippen MR) is 63.0 cm³/mol. The van der Waals surface area contributed by atoms with Gasteiger partial charge in [0, 0.05) is 19.6 Å². The Kier molecular flexibility index (Phi) is 4.17. The summed E-state index contributed by atoms with van der Waals surface area (Å²) in [4.78, 5) is 3.53. The zero-order valence-electron chi connectivity index (χ0n) is 9.39. The summed E-state index contributed by atoms with van der Waals surface area (Å²) in [6, 6.07) is 1.99. The Morgan fingerprint density at radius 3 is 3.31 bits per heavy atom. The third-order valence-corrected chi connectivity index (χ3v) is 3.61. The highest BCUT2D eigenvalue weighted by atomic mass is 32.1. The van der Waals surface area contributed by atoms with Crippen LogP contribution in [0.4, 0.5) is 0 Å². The highest BCUT2D eigenvalue weighted by Gasteiger charge is 2.20. The third-order valence-electron chi connectivity index (χ3n) is 2.72. The van der Waals surface area contributed by atoms with E-state index in [0.29, 0.717) is 6.61 Å². The quantitative estimate of drug-likeness (QED) is 0.855.